The lowest BCUT2D eigenvalue weighted by Gasteiger charge is -2.26. The number of fused-ring (bicyclic) bond motifs is 17. The highest BCUT2D eigenvalue weighted by Crippen LogP contribution is 2.23. The number of carboxylic acid groups (broad SMARTS) is 1. The molecule has 0 spiro atoms. The largest absolute Gasteiger partial charge is 0.508 e. The van der Waals surface area contributed by atoms with Crippen molar-refractivity contribution in [1.82, 2.24) is 26.3 Å². The third-order valence-electron chi connectivity index (χ3n) is 9.34. The summed E-state index contributed by atoms with van der Waals surface area (Å²) in [6.45, 7) is -0.431. The Bertz CT molecular complexity index is 2130. The molecule has 0 saturated carbocycles. The van der Waals surface area contributed by atoms with Gasteiger partial charge in [0.25, 0.3) is 5.91 Å². The molecule has 0 aliphatic carbocycles. The lowest BCUT2D eigenvalue weighted by molar-refractivity contribution is -0.142. The van der Waals surface area contributed by atoms with E-state index in [-0.39, 0.29) is 31.4 Å². The molecule has 56 heavy (non-hydrogen) atoms. The van der Waals surface area contributed by atoms with Crippen molar-refractivity contribution in [3.05, 3.63) is 150 Å². The van der Waals surface area contributed by atoms with Crippen LogP contribution in [0, 0.1) is 0 Å². The molecule has 3 heterocycles. The zero-order valence-corrected chi connectivity index (χ0v) is 30.3. The smallest absolute Gasteiger partial charge is 0.326 e. The summed E-state index contributed by atoms with van der Waals surface area (Å²) >= 11 is 0. The maximum Gasteiger partial charge on any atom is 0.326 e. The van der Waals surface area contributed by atoms with Crippen molar-refractivity contribution in [3.63, 3.8) is 0 Å². The number of aromatic nitrogens is 1. The molecule has 4 amide bonds. The topological polar surface area (TPSA) is 196 Å². The van der Waals surface area contributed by atoms with Crippen LogP contribution in [0.25, 0.3) is 11.1 Å². The highest BCUT2D eigenvalue weighted by Gasteiger charge is 2.31. The Morgan fingerprint density at radius 1 is 0.643 bits per heavy atom. The molecular formula is C43H41N5O8. The van der Waals surface area contributed by atoms with Gasteiger partial charge in [0.15, 0.2) is 6.61 Å². The molecule has 0 radical (unpaired) electrons. The van der Waals surface area contributed by atoms with Gasteiger partial charge in [-0.25, -0.2) is 4.79 Å². The Labute approximate surface area is 323 Å². The number of hydrogen-bond donors (Lipinski definition) is 6. The van der Waals surface area contributed by atoms with Gasteiger partial charge in [-0.15, -0.1) is 0 Å². The van der Waals surface area contributed by atoms with E-state index < -0.39 is 60.4 Å². The number of hydrogen-bond acceptors (Lipinski definition) is 8. The van der Waals surface area contributed by atoms with Gasteiger partial charge in [-0.3, -0.25) is 24.2 Å². The summed E-state index contributed by atoms with van der Waals surface area (Å²) in [5, 5.41) is 31.0. The van der Waals surface area contributed by atoms with Crippen molar-refractivity contribution in [2.45, 2.75) is 49.9 Å². The van der Waals surface area contributed by atoms with Gasteiger partial charge in [0.1, 0.15) is 29.6 Å². The normalized spacial score (nSPS) is 19.7. The summed E-state index contributed by atoms with van der Waals surface area (Å²) in [5.41, 5.74) is 4.43. The molecule has 0 fully saturated rings. The molecule has 13 nitrogen and oxygen atoms in total. The first-order valence-electron chi connectivity index (χ1n) is 18.1. The predicted octanol–water partition coefficient (Wildman–Crippen LogP) is 3.66. The average molecular weight is 756 g/mol. The van der Waals surface area contributed by atoms with Gasteiger partial charge in [0.05, 0.1) is 12.5 Å². The van der Waals surface area contributed by atoms with E-state index in [9.17, 15) is 34.2 Å². The highest BCUT2D eigenvalue weighted by atomic mass is 16.5. The molecule has 2 bridgehead atoms. The molecule has 4 atom stereocenters. The summed E-state index contributed by atoms with van der Waals surface area (Å²) in [5.74, 6) is -3.49. The number of carbonyl (C=O) groups is 5. The van der Waals surface area contributed by atoms with Gasteiger partial charge in [0, 0.05) is 31.7 Å². The first kappa shape index (κ1) is 38.7. The quantitative estimate of drug-likeness (QED) is 0.134. The van der Waals surface area contributed by atoms with Crippen molar-refractivity contribution in [2.75, 3.05) is 6.61 Å². The molecule has 286 valence electrons. The fraction of sp³-hybridized carbons (Fsp3) is 0.209. The van der Waals surface area contributed by atoms with Gasteiger partial charge >= 0.3 is 5.97 Å². The Hall–Kier alpha value is -7.02. The minimum absolute atomic E-state index is 0.0369. The Balaban J connectivity index is 1.35. The third-order valence-corrected chi connectivity index (χ3v) is 9.34. The molecule has 4 aromatic carbocycles. The number of carbonyl (C=O) groups excluding carboxylic acids is 4. The molecule has 0 unspecified atom stereocenters. The van der Waals surface area contributed by atoms with Crippen LogP contribution in [0.15, 0.2) is 128 Å². The molecule has 6 N–H and O–H groups in total. The Kier molecular flexibility index (Phi) is 12.7. The van der Waals surface area contributed by atoms with Crippen LogP contribution < -0.4 is 26.0 Å². The highest BCUT2D eigenvalue weighted by molar-refractivity contribution is 5.93. The zero-order chi connectivity index (χ0) is 39.4. The summed E-state index contributed by atoms with van der Waals surface area (Å²) in [6, 6.07) is 28.4. The molecule has 13 heteroatoms. The second-order valence-corrected chi connectivity index (χ2v) is 13.5. The number of benzene rings is 4. The van der Waals surface area contributed by atoms with E-state index in [1.165, 1.54) is 12.1 Å². The van der Waals surface area contributed by atoms with E-state index in [0.29, 0.717) is 22.4 Å². The lowest BCUT2D eigenvalue weighted by atomic mass is 9.98. The minimum atomic E-state index is -1.30. The molecule has 7 rings (SSSR count). The first-order valence-corrected chi connectivity index (χ1v) is 18.1. The second kappa shape index (κ2) is 18.3. The van der Waals surface area contributed by atoms with E-state index in [2.05, 4.69) is 26.3 Å². The monoisotopic (exact) mass is 755 g/mol. The van der Waals surface area contributed by atoms with Crippen LogP contribution in [0.2, 0.25) is 0 Å². The average Bonchev–Trinajstić information content (AvgIpc) is 3.20. The van der Waals surface area contributed by atoms with E-state index in [0.717, 1.165) is 16.7 Å². The number of aromatic hydroxyl groups is 1. The molecule has 2 aliphatic heterocycles. The summed E-state index contributed by atoms with van der Waals surface area (Å²) < 4.78 is 5.68. The number of carboxylic acids is 1. The van der Waals surface area contributed by atoms with Crippen molar-refractivity contribution < 1.29 is 38.9 Å². The van der Waals surface area contributed by atoms with Crippen LogP contribution in [0.4, 0.5) is 0 Å². The fourth-order valence-corrected chi connectivity index (χ4v) is 6.36. The van der Waals surface area contributed by atoms with E-state index in [1.54, 1.807) is 60.9 Å². The number of pyridine rings is 1. The first-order chi connectivity index (χ1) is 27.1. The minimum Gasteiger partial charge on any atom is -0.508 e. The van der Waals surface area contributed by atoms with Crippen molar-refractivity contribution >= 4 is 29.6 Å². The molecule has 0 saturated heterocycles. The maximum absolute atomic E-state index is 14.3. The predicted molar refractivity (Wildman–Crippen MR) is 206 cm³/mol. The molecular weight excluding hydrogens is 715 g/mol. The number of phenols is 1. The van der Waals surface area contributed by atoms with Crippen LogP contribution >= 0.6 is 0 Å². The Morgan fingerprint density at radius 3 is 1.91 bits per heavy atom. The van der Waals surface area contributed by atoms with Crippen LogP contribution in [-0.4, -0.2) is 69.5 Å². The number of aliphatic carboxylic acids is 1. The van der Waals surface area contributed by atoms with Gasteiger partial charge in [-0.05, 0) is 69.8 Å². The zero-order valence-electron chi connectivity index (χ0n) is 30.3. The van der Waals surface area contributed by atoms with Gasteiger partial charge in [-0.2, -0.15) is 0 Å². The Morgan fingerprint density at radius 2 is 1.25 bits per heavy atom. The molecule has 2 aliphatic rings. The second-order valence-electron chi connectivity index (χ2n) is 13.5. The van der Waals surface area contributed by atoms with Crippen LogP contribution in [0.1, 0.15) is 34.7 Å². The van der Waals surface area contributed by atoms with Gasteiger partial charge in [0.2, 0.25) is 17.7 Å². The van der Waals surface area contributed by atoms with Gasteiger partial charge in [-0.1, -0.05) is 78.9 Å². The number of rotatable bonds is 7. The number of nitrogens with one attached hydrogen (secondary N) is 4. The molecule has 1 aromatic heterocycles. The van der Waals surface area contributed by atoms with Gasteiger partial charge < -0.3 is 36.2 Å². The third kappa shape index (κ3) is 10.8. The number of nitrogens with zero attached hydrogens (tertiary/aromatic N) is 1. The van der Waals surface area contributed by atoms with Crippen LogP contribution in [-0.2, 0) is 43.2 Å². The number of ether oxygens (including phenoxy) is 1. The van der Waals surface area contributed by atoms with Crippen molar-refractivity contribution in [1.29, 1.82) is 0 Å². The number of amides is 4. The van der Waals surface area contributed by atoms with Crippen molar-refractivity contribution in [3.8, 4) is 22.6 Å². The SMILES string of the molecule is O=C1C[C@@H](c2ccc(O)cc2)NC(=O)[C@@H](Cc2ccc(-c3ccccc3)cc2)NC(=O)[C@H](Cc2ccncc2)NC(=O)COc2ccc(cc2)C[C@@H](C(=O)O)N1. The van der Waals surface area contributed by atoms with Crippen molar-refractivity contribution in [2.24, 2.45) is 0 Å². The van der Waals surface area contributed by atoms with Crippen LogP contribution in [0.3, 0.4) is 0 Å². The summed E-state index contributed by atoms with van der Waals surface area (Å²) in [6.07, 6.45) is 2.85. The number of phenolic OH excluding ortho intramolecular Hbond substituents is 1. The summed E-state index contributed by atoms with van der Waals surface area (Å²) in [4.78, 5) is 71.5. The standard InChI is InChI=1S/C43H41N5O8/c49-33-14-12-32(13-15-33)35-25-39(50)46-38(43(54)55)24-28-8-16-34(17-9-28)56-26-40(51)45-36(23-29-18-20-44-21-19-29)41(52)48-37(42(53)47-35)22-27-6-10-31(11-7-27)30-4-2-1-3-5-30/h1-21,35-38,49H,22-26H2,(H,45,51)(H,46,50)(H,47,53)(H,48,52)(H,54,55)/t35-,36-,37+,38-/m0/s1. The van der Waals surface area contributed by atoms with E-state index >= 15 is 0 Å². The summed E-state index contributed by atoms with van der Waals surface area (Å²) in [7, 11) is 0. The lowest BCUT2D eigenvalue weighted by Crippen LogP contribution is -2.56. The van der Waals surface area contributed by atoms with E-state index in [4.69, 9.17) is 4.74 Å². The fourth-order valence-electron chi connectivity index (χ4n) is 6.36. The van der Waals surface area contributed by atoms with Crippen LogP contribution in [0.5, 0.6) is 11.5 Å². The van der Waals surface area contributed by atoms with E-state index in [1.807, 2.05) is 54.6 Å². The maximum atomic E-state index is 14.3. The molecule has 5 aromatic rings.